The average Bonchev–Trinajstić information content (AvgIpc) is 2.46. The van der Waals surface area contributed by atoms with Gasteiger partial charge in [-0.2, -0.15) is 5.10 Å². The van der Waals surface area contributed by atoms with E-state index >= 15 is 0 Å². The largest absolute Gasteiger partial charge is 0.312 e. The highest BCUT2D eigenvalue weighted by molar-refractivity contribution is 6.30. The molecule has 1 saturated carbocycles. The van der Waals surface area contributed by atoms with Crippen molar-refractivity contribution in [3.05, 3.63) is 16.4 Å². The van der Waals surface area contributed by atoms with Crippen LogP contribution in [0, 0.1) is 12.3 Å². The Morgan fingerprint density at radius 3 is 2.37 bits per heavy atom. The molecule has 0 bridgehead atoms. The Balaban J connectivity index is 2.10. The van der Waals surface area contributed by atoms with Crippen LogP contribution >= 0.6 is 11.6 Å². The van der Waals surface area contributed by atoms with Gasteiger partial charge in [-0.05, 0) is 52.4 Å². The van der Waals surface area contributed by atoms with Gasteiger partial charge in [-0.3, -0.25) is 4.68 Å². The van der Waals surface area contributed by atoms with Crippen molar-refractivity contribution in [2.24, 2.45) is 12.5 Å². The molecule has 1 aromatic heterocycles. The first-order chi connectivity index (χ1) is 8.72. The number of aryl methyl sites for hydroxylation is 2. The summed E-state index contributed by atoms with van der Waals surface area (Å²) in [5, 5.41) is 8.89. The fraction of sp³-hybridized carbons (Fsp3) is 0.800. The summed E-state index contributed by atoms with van der Waals surface area (Å²) in [6, 6.07) is 0. The van der Waals surface area contributed by atoms with E-state index < -0.39 is 0 Å². The normalized spacial score (nSPS) is 18.4. The molecule has 0 unspecified atom stereocenters. The molecule has 1 N–H and O–H groups in total. The molecule has 0 aliphatic heterocycles. The minimum Gasteiger partial charge on any atom is -0.312 e. The zero-order valence-corrected chi connectivity index (χ0v) is 13.6. The van der Waals surface area contributed by atoms with Gasteiger partial charge in [-0.1, -0.05) is 18.0 Å². The highest BCUT2D eigenvalue weighted by Crippen LogP contribution is 2.44. The summed E-state index contributed by atoms with van der Waals surface area (Å²) in [6.45, 7) is 9.80. The molecule has 1 heterocycles. The van der Waals surface area contributed by atoms with Crippen LogP contribution in [0.3, 0.4) is 0 Å². The highest BCUT2D eigenvalue weighted by atomic mass is 35.5. The minimum atomic E-state index is 0.177. The fourth-order valence-corrected chi connectivity index (χ4v) is 3.04. The van der Waals surface area contributed by atoms with Crippen molar-refractivity contribution in [2.75, 3.05) is 6.54 Å². The maximum atomic E-state index is 6.37. The second kappa shape index (κ2) is 5.10. The van der Waals surface area contributed by atoms with Gasteiger partial charge in [0.25, 0.3) is 0 Å². The Morgan fingerprint density at radius 2 is 2.00 bits per heavy atom. The predicted molar refractivity (Wildman–Crippen MR) is 80.7 cm³/mol. The number of aromatic nitrogens is 2. The van der Waals surface area contributed by atoms with E-state index in [1.54, 1.807) is 4.68 Å². The molecule has 1 aliphatic carbocycles. The maximum Gasteiger partial charge on any atom is 0.130 e. The minimum absolute atomic E-state index is 0.177. The number of nitrogens with one attached hydrogen (secondary N) is 1. The van der Waals surface area contributed by atoms with Crippen LogP contribution in [0.4, 0.5) is 0 Å². The molecule has 1 aliphatic rings. The fourth-order valence-electron chi connectivity index (χ4n) is 2.80. The van der Waals surface area contributed by atoms with Crippen molar-refractivity contribution in [3.8, 4) is 0 Å². The van der Waals surface area contributed by atoms with Crippen molar-refractivity contribution in [2.45, 2.75) is 58.9 Å². The standard InChI is InChI=1S/C15H26ClN3/c1-11-12(13(16)19(5)18-11)9-15(7-6-8-15)10-17-14(2,3)4/h17H,6-10H2,1-5H3. The molecule has 1 aromatic rings. The molecule has 0 saturated heterocycles. The SMILES string of the molecule is Cc1nn(C)c(Cl)c1CC1(CNC(C)(C)C)CCC1. The van der Waals surface area contributed by atoms with Gasteiger partial charge in [0.15, 0.2) is 0 Å². The lowest BCUT2D eigenvalue weighted by atomic mass is 9.65. The van der Waals surface area contributed by atoms with E-state index in [1.165, 1.54) is 24.8 Å². The zero-order chi connectivity index (χ0) is 14.3. The van der Waals surface area contributed by atoms with Crippen LogP contribution < -0.4 is 5.32 Å². The van der Waals surface area contributed by atoms with E-state index in [1.807, 2.05) is 7.05 Å². The molecule has 3 nitrogen and oxygen atoms in total. The van der Waals surface area contributed by atoms with Crippen molar-refractivity contribution in [3.63, 3.8) is 0 Å². The van der Waals surface area contributed by atoms with E-state index in [0.717, 1.165) is 23.8 Å². The van der Waals surface area contributed by atoms with Crippen molar-refractivity contribution in [1.82, 2.24) is 15.1 Å². The summed E-state index contributed by atoms with van der Waals surface area (Å²) in [5.74, 6) is 0. The smallest absolute Gasteiger partial charge is 0.130 e. The monoisotopic (exact) mass is 283 g/mol. The predicted octanol–water partition coefficient (Wildman–Crippen LogP) is 3.48. The third-order valence-corrected chi connectivity index (χ3v) is 4.70. The quantitative estimate of drug-likeness (QED) is 0.917. The summed E-state index contributed by atoms with van der Waals surface area (Å²) < 4.78 is 1.79. The van der Waals surface area contributed by atoms with E-state index in [9.17, 15) is 0 Å². The number of halogens is 1. The molecular formula is C15H26ClN3. The molecule has 0 amide bonds. The molecular weight excluding hydrogens is 258 g/mol. The van der Waals surface area contributed by atoms with Crippen molar-refractivity contribution in [1.29, 1.82) is 0 Å². The molecule has 1 fully saturated rings. The first-order valence-electron chi connectivity index (χ1n) is 7.15. The van der Waals surface area contributed by atoms with Crippen molar-refractivity contribution >= 4 is 11.6 Å². The molecule has 2 rings (SSSR count). The number of hydrogen-bond acceptors (Lipinski definition) is 2. The van der Waals surface area contributed by atoms with Gasteiger partial charge in [0, 0.05) is 24.7 Å². The van der Waals surface area contributed by atoms with E-state index in [-0.39, 0.29) is 5.54 Å². The van der Waals surface area contributed by atoms with Crippen molar-refractivity contribution < 1.29 is 0 Å². The molecule has 0 atom stereocenters. The van der Waals surface area contributed by atoms with Crippen LogP contribution in [0.5, 0.6) is 0 Å². The van der Waals surface area contributed by atoms with Gasteiger partial charge < -0.3 is 5.32 Å². The maximum absolute atomic E-state index is 6.37. The zero-order valence-electron chi connectivity index (χ0n) is 12.8. The molecule has 108 valence electrons. The lowest BCUT2D eigenvalue weighted by Crippen LogP contribution is -2.48. The molecule has 0 spiro atoms. The van der Waals surface area contributed by atoms with E-state index in [2.05, 4.69) is 38.1 Å². The second-order valence-electron chi connectivity index (χ2n) is 7.11. The van der Waals surface area contributed by atoms with Gasteiger partial charge in [-0.25, -0.2) is 0 Å². The van der Waals surface area contributed by atoms with Crippen LogP contribution in [-0.4, -0.2) is 21.9 Å². The molecule has 4 heteroatoms. The van der Waals surface area contributed by atoms with Crippen LogP contribution in [0.1, 0.15) is 51.3 Å². The van der Waals surface area contributed by atoms with Gasteiger partial charge in [0.1, 0.15) is 5.15 Å². The van der Waals surface area contributed by atoms with Crippen LogP contribution in [-0.2, 0) is 13.5 Å². The van der Waals surface area contributed by atoms with Gasteiger partial charge >= 0.3 is 0 Å². The lowest BCUT2D eigenvalue weighted by molar-refractivity contribution is 0.118. The summed E-state index contributed by atoms with van der Waals surface area (Å²) in [5.41, 5.74) is 2.87. The Kier molecular flexibility index (Phi) is 3.99. The van der Waals surface area contributed by atoms with Crippen LogP contribution in [0.15, 0.2) is 0 Å². The Bertz CT molecular complexity index is 453. The number of hydrogen-bond donors (Lipinski definition) is 1. The Labute approximate surface area is 121 Å². The van der Waals surface area contributed by atoms with Crippen LogP contribution in [0.25, 0.3) is 0 Å². The van der Waals surface area contributed by atoms with Gasteiger partial charge in [-0.15, -0.1) is 0 Å². The first-order valence-corrected chi connectivity index (χ1v) is 7.53. The lowest BCUT2D eigenvalue weighted by Gasteiger charge is -2.44. The molecule has 0 aromatic carbocycles. The van der Waals surface area contributed by atoms with Gasteiger partial charge in [0.2, 0.25) is 0 Å². The van der Waals surface area contributed by atoms with Gasteiger partial charge in [0.05, 0.1) is 5.69 Å². The Morgan fingerprint density at radius 1 is 1.37 bits per heavy atom. The Hall–Kier alpha value is -0.540. The third-order valence-electron chi connectivity index (χ3n) is 4.23. The summed E-state index contributed by atoms with van der Waals surface area (Å²) in [4.78, 5) is 0. The number of nitrogens with zero attached hydrogens (tertiary/aromatic N) is 2. The molecule has 19 heavy (non-hydrogen) atoms. The van der Waals surface area contributed by atoms with E-state index in [0.29, 0.717) is 5.41 Å². The summed E-state index contributed by atoms with van der Waals surface area (Å²) in [6.07, 6.45) is 4.97. The second-order valence-corrected chi connectivity index (χ2v) is 7.47. The third kappa shape index (κ3) is 3.32. The summed E-state index contributed by atoms with van der Waals surface area (Å²) >= 11 is 6.37. The average molecular weight is 284 g/mol. The highest BCUT2D eigenvalue weighted by Gasteiger charge is 2.39. The topological polar surface area (TPSA) is 29.9 Å². The van der Waals surface area contributed by atoms with E-state index in [4.69, 9.17) is 11.6 Å². The van der Waals surface area contributed by atoms with Crippen LogP contribution in [0.2, 0.25) is 5.15 Å². The number of rotatable bonds is 4. The summed E-state index contributed by atoms with van der Waals surface area (Å²) in [7, 11) is 1.92. The first kappa shape index (κ1) is 14.9. The molecule has 0 radical (unpaired) electrons.